The van der Waals surface area contributed by atoms with E-state index in [-0.39, 0.29) is 29.7 Å². The van der Waals surface area contributed by atoms with E-state index in [0.29, 0.717) is 43.9 Å². The fourth-order valence-corrected chi connectivity index (χ4v) is 3.98. The quantitative estimate of drug-likeness (QED) is 0.874. The van der Waals surface area contributed by atoms with E-state index in [2.05, 4.69) is 15.4 Å². The second-order valence-corrected chi connectivity index (χ2v) is 7.21. The van der Waals surface area contributed by atoms with Crippen molar-refractivity contribution < 1.29 is 14.3 Å². The predicted octanol–water partition coefficient (Wildman–Crippen LogP) is 1.49. The van der Waals surface area contributed by atoms with Crippen LogP contribution < -0.4 is 0 Å². The summed E-state index contributed by atoms with van der Waals surface area (Å²) in [4.78, 5) is 15.8. The molecule has 26 heavy (non-hydrogen) atoms. The Balaban J connectivity index is 1.27. The number of benzene rings is 1. The van der Waals surface area contributed by atoms with E-state index in [0.717, 1.165) is 12.8 Å². The van der Waals surface area contributed by atoms with Gasteiger partial charge in [-0.2, -0.15) is 4.80 Å². The van der Waals surface area contributed by atoms with Crippen molar-refractivity contribution >= 4 is 5.91 Å². The molecule has 2 bridgehead atoms. The number of carbonyl (C=O) groups is 1. The summed E-state index contributed by atoms with van der Waals surface area (Å²) in [5.41, 5.74) is 0.705. The molecule has 1 saturated carbocycles. The van der Waals surface area contributed by atoms with E-state index in [1.807, 2.05) is 4.90 Å². The van der Waals surface area contributed by atoms with Crippen LogP contribution in [0.4, 0.5) is 4.39 Å². The molecule has 2 heterocycles. The highest BCUT2D eigenvalue weighted by Gasteiger charge is 2.41. The van der Waals surface area contributed by atoms with Gasteiger partial charge in [-0.25, -0.2) is 4.39 Å². The van der Waals surface area contributed by atoms with Crippen molar-refractivity contribution in [3.63, 3.8) is 0 Å². The molecule has 2 aromatic rings. The second kappa shape index (κ2) is 7.11. The number of aliphatic hydroxyl groups is 1. The Bertz CT molecular complexity index is 764. The number of rotatable bonds is 5. The topological polar surface area (TPSA) is 84.1 Å². The summed E-state index contributed by atoms with van der Waals surface area (Å²) < 4.78 is 13.0. The minimum absolute atomic E-state index is 0.132. The highest BCUT2D eigenvalue weighted by molar-refractivity contribution is 5.76. The Labute approximate surface area is 150 Å². The molecule has 138 valence electrons. The van der Waals surface area contributed by atoms with Crippen LogP contribution in [0.25, 0.3) is 11.4 Å². The Kier molecular flexibility index (Phi) is 4.67. The van der Waals surface area contributed by atoms with Crippen molar-refractivity contribution in [1.29, 1.82) is 0 Å². The zero-order chi connectivity index (χ0) is 18.1. The maximum Gasteiger partial charge on any atom is 0.222 e. The first-order valence-corrected chi connectivity index (χ1v) is 9.10. The summed E-state index contributed by atoms with van der Waals surface area (Å²) in [7, 11) is 0. The van der Waals surface area contributed by atoms with Crippen LogP contribution in [0.3, 0.4) is 0 Å². The number of piperidine rings is 1. The summed E-state index contributed by atoms with van der Waals surface area (Å²) in [5, 5.41) is 22.3. The molecule has 1 unspecified atom stereocenters. The maximum atomic E-state index is 13.0. The summed E-state index contributed by atoms with van der Waals surface area (Å²) in [6, 6.07) is 5.94. The molecule has 1 aliphatic heterocycles. The first-order chi connectivity index (χ1) is 12.6. The van der Waals surface area contributed by atoms with Gasteiger partial charge in [-0.05, 0) is 48.7 Å². The smallest absolute Gasteiger partial charge is 0.222 e. The number of aliphatic hydroxyl groups excluding tert-OH is 1. The monoisotopic (exact) mass is 359 g/mol. The first kappa shape index (κ1) is 17.1. The lowest BCUT2D eigenvalue weighted by molar-refractivity contribution is -0.135. The first-order valence-electron chi connectivity index (χ1n) is 9.10. The lowest BCUT2D eigenvalue weighted by Crippen LogP contribution is -2.47. The third-order valence-electron chi connectivity index (χ3n) is 5.44. The van der Waals surface area contributed by atoms with E-state index in [9.17, 15) is 14.3 Å². The minimum Gasteiger partial charge on any atom is -0.392 e. The van der Waals surface area contributed by atoms with Gasteiger partial charge < -0.3 is 10.0 Å². The summed E-state index contributed by atoms with van der Waals surface area (Å²) in [6.07, 6.45) is 2.87. The number of likely N-dealkylation sites (tertiary alicyclic amines) is 1. The third-order valence-corrected chi connectivity index (χ3v) is 5.44. The van der Waals surface area contributed by atoms with Crippen molar-refractivity contribution in [1.82, 2.24) is 25.1 Å². The molecule has 1 amide bonds. The molecule has 7 nitrogen and oxygen atoms in total. The third kappa shape index (κ3) is 3.46. The Hall–Kier alpha value is -2.35. The Morgan fingerprint density at radius 2 is 1.88 bits per heavy atom. The lowest BCUT2D eigenvalue weighted by atomic mass is 9.95. The van der Waals surface area contributed by atoms with Gasteiger partial charge in [0.2, 0.25) is 11.7 Å². The molecule has 1 aromatic carbocycles. The molecule has 1 saturated heterocycles. The van der Waals surface area contributed by atoms with Gasteiger partial charge >= 0.3 is 0 Å². The van der Waals surface area contributed by atoms with Crippen LogP contribution in [0.2, 0.25) is 0 Å². The molecule has 1 aromatic heterocycles. The summed E-state index contributed by atoms with van der Waals surface area (Å²) in [6.45, 7) is 1.85. The van der Waals surface area contributed by atoms with E-state index < -0.39 is 0 Å². The van der Waals surface area contributed by atoms with Gasteiger partial charge in [0.15, 0.2) is 0 Å². The second-order valence-electron chi connectivity index (χ2n) is 7.21. The summed E-state index contributed by atoms with van der Waals surface area (Å²) in [5.74, 6) is 0.754. The molecule has 1 aliphatic carbocycles. The molecule has 0 radical (unpaired) electrons. The minimum atomic E-state index is -0.307. The number of fused-ring (bicyclic) bond motifs is 2. The number of tetrazole rings is 1. The molecular weight excluding hydrogens is 337 g/mol. The number of hydrogen-bond acceptors (Lipinski definition) is 5. The van der Waals surface area contributed by atoms with Crippen LogP contribution in [0.5, 0.6) is 0 Å². The number of carbonyl (C=O) groups excluding carboxylic acids is 1. The Morgan fingerprint density at radius 3 is 2.58 bits per heavy atom. The molecule has 2 aliphatic rings. The summed E-state index contributed by atoms with van der Waals surface area (Å²) >= 11 is 0. The van der Waals surface area contributed by atoms with Crippen LogP contribution in [0.15, 0.2) is 24.3 Å². The number of nitrogens with zero attached hydrogens (tertiary/aromatic N) is 5. The van der Waals surface area contributed by atoms with Crippen molar-refractivity contribution in [2.45, 2.75) is 38.3 Å². The standard InChI is InChI=1S/C18H22FN5O2/c19-15-7-5-12(6-8-15)18-20-22-24(21-18)9-1-2-16(25)23-10-13-3-4-14(11-23)17(13)26/h5-8,13-14,17,26H,1-4,9-11H2/t13-,14+,17?. The van der Waals surface area contributed by atoms with Crippen molar-refractivity contribution in [2.75, 3.05) is 13.1 Å². The van der Waals surface area contributed by atoms with Gasteiger partial charge in [-0.1, -0.05) is 0 Å². The van der Waals surface area contributed by atoms with E-state index in [4.69, 9.17) is 0 Å². The van der Waals surface area contributed by atoms with Gasteiger partial charge in [0, 0.05) is 36.9 Å². The van der Waals surface area contributed by atoms with Crippen LogP contribution in [-0.4, -0.2) is 55.3 Å². The fraction of sp³-hybridized carbons (Fsp3) is 0.556. The number of aromatic nitrogens is 4. The SMILES string of the molecule is O=C(CCCn1nnc(-c2ccc(F)cc2)n1)N1C[C@H]2CC[C@@H](C1)C2O. The molecule has 2 fully saturated rings. The van der Waals surface area contributed by atoms with Gasteiger partial charge in [0.05, 0.1) is 12.6 Å². The average Bonchev–Trinajstić information content (AvgIpc) is 3.16. The van der Waals surface area contributed by atoms with Gasteiger partial charge in [-0.15, -0.1) is 10.2 Å². The van der Waals surface area contributed by atoms with E-state index >= 15 is 0 Å². The van der Waals surface area contributed by atoms with Crippen LogP contribution in [0.1, 0.15) is 25.7 Å². The molecule has 3 atom stereocenters. The molecule has 1 N–H and O–H groups in total. The van der Waals surface area contributed by atoms with E-state index in [1.165, 1.54) is 16.9 Å². The normalized spacial score (nSPS) is 24.8. The number of halogens is 1. The molecule has 0 spiro atoms. The van der Waals surface area contributed by atoms with Crippen molar-refractivity contribution in [3.05, 3.63) is 30.1 Å². The van der Waals surface area contributed by atoms with Gasteiger partial charge in [0.25, 0.3) is 0 Å². The zero-order valence-electron chi connectivity index (χ0n) is 14.5. The van der Waals surface area contributed by atoms with Gasteiger partial charge in [-0.3, -0.25) is 4.79 Å². The van der Waals surface area contributed by atoms with Gasteiger partial charge in [0.1, 0.15) is 5.82 Å². The van der Waals surface area contributed by atoms with Crippen LogP contribution >= 0.6 is 0 Å². The average molecular weight is 359 g/mol. The lowest BCUT2D eigenvalue weighted by Gasteiger charge is -2.35. The van der Waals surface area contributed by atoms with Crippen molar-refractivity contribution in [2.24, 2.45) is 11.8 Å². The number of amides is 1. The molecule has 8 heteroatoms. The van der Waals surface area contributed by atoms with Crippen LogP contribution in [0, 0.1) is 17.7 Å². The van der Waals surface area contributed by atoms with Crippen molar-refractivity contribution in [3.8, 4) is 11.4 Å². The fourth-order valence-electron chi connectivity index (χ4n) is 3.98. The largest absolute Gasteiger partial charge is 0.392 e. The molecule has 4 rings (SSSR count). The highest BCUT2D eigenvalue weighted by atomic mass is 19.1. The van der Waals surface area contributed by atoms with E-state index in [1.54, 1.807) is 12.1 Å². The number of aryl methyl sites for hydroxylation is 1. The number of hydrogen-bond donors (Lipinski definition) is 1. The predicted molar refractivity (Wildman–Crippen MR) is 91.2 cm³/mol. The molecular formula is C18H22FN5O2. The highest BCUT2D eigenvalue weighted by Crippen LogP contribution is 2.36. The zero-order valence-corrected chi connectivity index (χ0v) is 14.5. The van der Waals surface area contributed by atoms with Crippen LogP contribution in [-0.2, 0) is 11.3 Å². The maximum absolute atomic E-state index is 13.0. The Morgan fingerprint density at radius 1 is 1.19 bits per heavy atom.